The summed E-state index contributed by atoms with van der Waals surface area (Å²) in [5, 5.41) is 2.85. The zero-order valence-corrected chi connectivity index (χ0v) is 14.6. The fraction of sp³-hybridized carbons (Fsp3) is 0.368. The standard InChI is InChI=1S/C19H20F3N3O/c1-13(26)24-11-18(2)10-16-17(4-3-9-23-16)25(12-18)15-7-5-14(6-8-15)19(20,21)22/h3-9H,10-12H2,1-2H3,(H,24,26)/t18-/m0/s1. The van der Waals surface area contributed by atoms with Crippen LogP contribution in [0, 0.1) is 5.41 Å². The van der Waals surface area contributed by atoms with Crippen molar-refractivity contribution in [3.05, 3.63) is 53.9 Å². The number of carbonyl (C=O) groups is 1. The SMILES string of the molecule is CC(=O)NC[C@]1(C)Cc2ncccc2N(c2ccc(C(F)(F)F)cc2)C1. The molecule has 0 saturated heterocycles. The van der Waals surface area contributed by atoms with E-state index in [-0.39, 0.29) is 11.3 Å². The first-order valence-electron chi connectivity index (χ1n) is 8.31. The predicted octanol–water partition coefficient (Wildman–Crippen LogP) is 3.94. The molecule has 7 heteroatoms. The molecule has 0 saturated carbocycles. The first-order chi connectivity index (χ1) is 12.2. The Hall–Kier alpha value is -2.57. The third-order valence-corrected chi connectivity index (χ3v) is 4.56. The summed E-state index contributed by atoms with van der Waals surface area (Å²) in [6.07, 6.45) is -1.98. The van der Waals surface area contributed by atoms with Crippen LogP contribution >= 0.6 is 0 Å². The first kappa shape index (κ1) is 18.2. The summed E-state index contributed by atoms with van der Waals surface area (Å²) >= 11 is 0. The third-order valence-electron chi connectivity index (χ3n) is 4.56. The molecule has 0 aliphatic carbocycles. The molecular formula is C19H20F3N3O. The van der Waals surface area contributed by atoms with Crippen molar-refractivity contribution in [1.82, 2.24) is 10.3 Å². The molecule has 1 aliphatic heterocycles. The molecule has 0 fully saturated rings. The van der Waals surface area contributed by atoms with E-state index < -0.39 is 11.7 Å². The molecule has 0 bridgehead atoms. The molecule has 1 N–H and O–H groups in total. The highest BCUT2D eigenvalue weighted by Gasteiger charge is 2.36. The minimum Gasteiger partial charge on any atom is -0.356 e. The number of anilines is 2. The van der Waals surface area contributed by atoms with E-state index in [4.69, 9.17) is 0 Å². The fourth-order valence-corrected chi connectivity index (χ4v) is 3.26. The molecule has 0 spiro atoms. The van der Waals surface area contributed by atoms with Gasteiger partial charge < -0.3 is 10.2 Å². The molecule has 4 nitrogen and oxygen atoms in total. The second kappa shape index (κ2) is 6.63. The number of carbonyl (C=O) groups excluding carboxylic acids is 1. The summed E-state index contributed by atoms with van der Waals surface area (Å²) in [6, 6.07) is 8.86. The molecule has 2 aromatic rings. The number of benzene rings is 1. The molecule has 0 unspecified atom stereocenters. The van der Waals surface area contributed by atoms with Gasteiger partial charge in [0.05, 0.1) is 16.9 Å². The van der Waals surface area contributed by atoms with E-state index >= 15 is 0 Å². The average Bonchev–Trinajstić information content (AvgIpc) is 2.59. The van der Waals surface area contributed by atoms with Crippen LogP contribution in [0.1, 0.15) is 25.1 Å². The van der Waals surface area contributed by atoms with E-state index in [9.17, 15) is 18.0 Å². The maximum Gasteiger partial charge on any atom is 0.416 e. The van der Waals surface area contributed by atoms with Gasteiger partial charge in [-0.25, -0.2) is 0 Å². The lowest BCUT2D eigenvalue weighted by atomic mass is 9.80. The van der Waals surface area contributed by atoms with Gasteiger partial charge in [-0.2, -0.15) is 13.2 Å². The van der Waals surface area contributed by atoms with Crippen molar-refractivity contribution in [3.8, 4) is 0 Å². The Balaban J connectivity index is 1.95. The molecule has 1 amide bonds. The van der Waals surface area contributed by atoms with Gasteiger partial charge in [-0.15, -0.1) is 0 Å². The third kappa shape index (κ3) is 3.81. The van der Waals surface area contributed by atoms with Gasteiger partial charge in [0.25, 0.3) is 0 Å². The van der Waals surface area contributed by atoms with Crippen molar-refractivity contribution in [3.63, 3.8) is 0 Å². The van der Waals surface area contributed by atoms with Crippen molar-refractivity contribution >= 4 is 17.3 Å². The first-order valence-corrected chi connectivity index (χ1v) is 8.31. The van der Waals surface area contributed by atoms with Gasteiger partial charge >= 0.3 is 6.18 Å². The maximum absolute atomic E-state index is 12.8. The van der Waals surface area contributed by atoms with Crippen LogP contribution in [0.5, 0.6) is 0 Å². The van der Waals surface area contributed by atoms with Crippen molar-refractivity contribution < 1.29 is 18.0 Å². The number of nitrogens with zero attached hydrogens (tertiary/aromatic N) is 2. The highest BCUT2D eigenvalue weighted by atomic mass is 19.4. The van der Waals surface area contributed by atoms with E-state index in [0.717, 1.165) is 23.5 Å². The number of fused-ring (bicyclic) bond motifs is 1. The number of halogens is 3. The minimum atomic E-state index is -4.36. The zero-order valence-electron chi connectivity index (χ0n) is 14.6. The largest absolute Gasteiger partial charge is 0.416 e. The molecule has 1 aromatic heterocycles. The Bertz CT molecular complexity index is 804. The van der Waals surface area contributed by atoms with Crippen LogP contribution in [0.4, 0.5) is 24.5 Å². The second-order valence-corrected chi connectivity index (χ2v) is 7.00. The molecule has 26 heavy (non-hydrogen) atoms. The van der Waals surface area contributed by atoms with Crippen LogP contribution in [0.15, 0.2) is 42.6 Å². The van der Waals surface area contributed by atoms with Crippen molar-refractivity contribution in [2.45, 2.75) is 26.4 Å². The maximum atomic E-state index is 12.8. The summed E-state index contributed by atoms with van der Waals surface area (Å²) in [6.45, 7) is 4.54. The van der Waals surface area contributed by atoms with Crippen molar-refractivity contribution in [2.24, 2.45) is 5.41 Å². The number of alkyl halides is 3. The predicted molar refractivity (Wildman–Crippen MR) is 93.2 cm³/mol. The molecule has 1 atom stereocenters. The van der Waals surface area contributed by atoms with E-state index in [2.05, 4.69) is 10.3 Å². The van der Waals surface area contributed by atoms with Crippen LogP contribution in [-0.2, 0) is 17.4 Å². The molecule has 1 aliphatic rings. The molecule has 138 valence electrons. The smallest absolute Gasteiger partial charge is 0.356 e. The number of hydrogen-bond donors (Lipinski definition) is 1. The van der Waals surface area contributed by atoms with Gasteiger partial charge in [0, 0.05) is 43.7 Å². The van der Waals surface area contributed by atoms with Gasteiger partial charge in [0.1, 0.15) is 0 Å². The van der Waals surface area contributed by atoms with E-state index in [0.29, 0.717) is 25.2 Å². The average molecular weight is 363 g/mol. The molecule has 3 rings (SSSR count). The highest BCUT2D eigenvalue weighted by Crippen LogP contribution is 2.40. The van der Waals surface area contributed by atoms with Gasteiger partial charge in [-0.3, -0.25) is 9.78 Å². The summed E-state index contributed by atoms with van der Waals surface area (Å²) in [5.74, 6) is -0.112. The Morgan fingerprint density at radius 3 is 2.58 bits per heavy atom. The number of hydrogen-bond acceptors (Lipinski definition) is 3. The normalized spacial score (nSPS) is 19.8. The summed E-state index contributed by atoms with van der Waals surface area (Å²) in [4.78, 5) is 17.7. The number of rotatable bonds is 3. The van der Waals surface area contributed by atoms with Gasteiger partial charge in [-0.1, -0.05) is 6.92 Å². The van der Waals surface area contributed by atoms with E-state index in [1.165, 1.54) is 19.1 Å². The van der Waals surface area contributed by atoms with Crippen LogP contribution in [0.3, 0.4) is 0 Å². The zero-order chi connectivity index (χ0) is 18.9. The number of aromatic nitrogens is 1. The number of pyridine rings is 1. The minimum absolute atomic E-state index is 0.112. The lowest BCUT2D eigenvalue weighted by Crippen LogP contribution is -2.46. The molecule has 1 aromatic carbocycles. The lowest BCUT2D eigenvalue weighted by molar-refractivity contribution is -0.137. The Labute approximate surface area is 150 Å². The van der Waals surface area contributed by atoms with Crippen LogP contribution in [0.25, 0.3) is 0 Å². The van der Waals surface area contributed by atoms with Gasteiger partial charge in [-0.05, 0) is 36.4 Å². The van der Waals surface area contributed by atoms with Crippen LogP contribution < -0.4 is 10.2 Å². The Kier molecular flexibility index (Phi) is 4.64. The summed E-state index contributed by atoms with van der Waals surface area (Å²) in [7, 11) is 0. The van der Waals surface area contributed by atoms with Crippen molar-refractivity contribution in [2.75, 3.05) is 18.0 Å². The number of amides is 1. The van der Waals surface area contributed by atoms with Crippen molar-refractivity contribution in [1.29, 1.82) is 0 Å². The summed E-state index contributed by atoms with van der Waals surface area (Å²) in [5.41, 5.74) is 1.46. The topological polar surface area (TPSA) is 45.2 Å². The lowest BCUT2D eigenvalue weighted by Gasteiger charge is -2.42. The van der Waals surface area contributed by atoms with E-state index in [1.807, 2.05) is 24.0 Å². The fourth-order valence-electron chi connectivity index (χ4n) is 3.26. The van der Waals surface area contributed by atoms with Crippen LogP contribution in [-0.4, -0.2) is 24.0 Å². The van der Waals surface area contributed by atoms with Crippen LogP contribution in [0.2, 0.25) is 0 Å². The number of nitrogens with one attached hydrogen (secondary N) is 1. The van der Waals surface area contributed by atoms with Gasteiger partial charge in [0.2, 0.25) is 5.91 Å². The Morgan fingerprint density at radius 2 is 1.96 bits per heavy atom. The van der Waals surface area contributed by atoms with Gasteiger partial charge in [0.15, 0.2) is 0 Å². The molecule has 0 radical (unpaired) electrons. The Morgan fingerprint density at radius 1 is 1.27 bits per heavy atom. The summed E-state index contributed by atoms with van der Waals surface area (Å²) < 4.78 is 38.5. The molecule has 2 heterocycles. The quantitative estimate of drug-likeness (QED) is 0.899. The molecular weight excluding hydrogens is 343 g/mol. The second-order valence-electron chi connectivity index (χ2n) is 7.00. The monoisotopic (exact) mass is 363 g/mol. The highest BCUT2D eigenvalue weighted by molar-refractivity contribution is 5.73. The van der Waals surface area contributed by atoms with E-state index in [1.54, 1.807) is 6.20 Å².